The molecule has 0 radical (unpaired) electrons. The summed E-state index contributed by atoms with van der Waals surface area (Å²) in [4.78, 5) is 13.4. The van der Waals surface area contributed by atoms with Crippen LogP contribution in [0.2, 0.25) is 0 Å². The van der Waals surface area contributed by atoms with Gasteiger partial charge >= 0.3 is 5.97 Å². The van der Waals surface area contributed by atoms with E-state index < -0.39 is 6.04 Å². The number of carbonyl (C=O) groups is 1. The maximum Gasteiger partial charge on any atom is 0.308 e. The van der Waals surface area contributed by atoms with Gasteiger partial charge in [0.05, 0.1) is 12.5 Å². The van der Waals surface area contributed by atoms with Crippen LogP contribution in [0.3, 0.4) is 0 Å². The van der Waals surface area contributed by atoms with E-state index in [-0.39, 0.29) is 24.8 Å². The van der Waals surface area contributed by atoms with Crippen LogP contribution < -0.4 is 0 Å². The predicted molar refractivity (Wildman–Crippen MR) is 70.1 cm³/mol. The minimum absolute atomic E-state index is 0.0309. The van der Waals surface area contributed by atoms with Gasteiger partial charge in [-0.3, -0.25) is 9.69 Å². The first kappa shape index (κ1) is 14.3. The standard InChI is InChI=1S/C14H19NO3/c1-11(16)13(15(2)3)9-14(17)18-10-12-7-5-4-6-8-12/h4-8,13,16H,1,9-10H2,2-3H3/t13-/m0/s1. The first-order valence-electron chi connectivity index (χ1n) is 5.74. The van der Waals surface area contributed by atoms with Crippen molar-refractivity contribution < 1.29 is 14.6 Å². The lowest BCUT2D eigenvalue weighted by Gasteiger charge is -2.22. The number of esters is 1. The van der Waals surface area contributed by atoms with Crippen molar-refractivity contribution in [3.8, 4) is 0 Å². The highest BCUT2D eigenvalue weighted by molar-refractivity contribution is 5.70. The molecule has 1 aromatic carbocycles. The number of hydrogen-bond donors (Lipinski definition) is 1. The Balaban J connectivity index is 2.44. The molecule has 18 heavy (non-hydrogen) atoms. The molecule has 0 spiro atoms. The van der Waals surface area contributed by atoms with Gasteiger partial charge in [0.2, 0.25) is 0 Å². The van der Waals surface area contributed by atoms with Crippen LogP contribution in [0.5, 0.6) is 0 Å². The fourth-order valence-corrected chi connectivity index (χ4v) is 1.55. The molecule has 98 valence electrons. The van der Waals surface area contributed by atoms with Gasteiger partial charge in [-0.2, -0.15) is 0 Å². The zero-order valence-electron chi connectivity index (χ0n) is 10.8. The summed E-state index contributed by atoms with van der Waals surface area (Å²) in [5.41, 5.74) is 0.940. The van der Waals surface area contributed by atoms with Crippen LogP contribution in [0.15, 0.2) is 42.7 Å². The van der Waals surface area contributed by atoms with Crippen LogP contribution in [0, 0.1) is 0 Å². The van der Waals surface area contributed by atoms with Crippen molar-refractivity contribution in [2.45, 2.75) is 19.1 Å². The van der Waals surface area contributed by atoms with E-state index in [0.717, 1.165) is 5.56 Å². The second kappa shape index (κ2) is 6.81. The number of ether oxygens (including phenoxy) is 1. The summed E-state index contributed by atoms with van der Waals surface area (Å²) in [6, 6.07) is 9.06. The van der Waals surface area contributed by atoms with Crippen molar-refractivity contribution in [3.63, 3.8) is 0 Å². The highest BCUT2D eigenvalue weighted by Gasteiger charge is 2.19. The normalized spacial score (nSPS) is 12.2. The van der Waals surface area contributed by atoms with Crippen LogP contribution in [-0.4, -0.2) is 36.1 Å². The number of aliphatic hydroxyl groups excluding tert-OH is 1. The third-order valence-corrected chi connectivity index (χ3v) is 2.61. The molecule has 1 N–H and O–H groups in total. The molecular formula is C14H19NO3. The summed E-state index contributed by atoms with van der Waals surface area (Å²) < 4.78 is 5.14. The number of aliphatic hydroxyl groups is 1. The summed E-state index contributed by atoms with van der Waals surface area (Å²) >= 11 is 0. The van der Waals surface area contributed by atoms with Crippen molar-refractivity contribution in [2.75, 3.05) is 14.1 Å². The van der Waals surface area contributed by atoms with Crippen LogP contribution in [0.25, 0.3) is 0 Å². The second-order valence-electron chi connectivity index (χ2n) is 4.32. The third kappa shape index (κ3) is 4.59. The summed E-state index contributed by atoms with van der Waals surface area (Å²) in [5, 5.41) is 9.37. The fourth-order valence-electron chi connectivity index (χ4n) is 1.55. The van der Waals surface area contributed by atoms with E-state index in [0.29, 0.717) is 0 Å². The van der Waals surface area contributed by atoms with E-state index in [2.05, 4.69) is 6.58 Å². The third-order valence-electron chi connectivity index (χ3n) is 2.61. The van der Waals surface area contributed by atoms with Crippen molar-refractivity contribution in [1.82, 2.24) is 4.90 Å². The summed E-state index contributed by atoms with van der Waals surface area (Å²) in [5.74, 6) is -0.385. The van der Waals surface area contributed by atoms with Crippen molar-refractivity contribution in [2.24, 2.45) is 0 Å². The predicted octanol–water partition coefficient (Wildman–Crippen LogP) is 2.12. The molecule has 0 fully saturated rings. The van der Waals surface area contributed by atoms with Crippen LogP contribution in [-0.2, 0) is 16.1 Å². The van der Waals surface area contributed by atoms with Crippen molar-refractivity contribution in [3.05, 3.63) is 48.2 Å². The van der Waals surface area contributed by atoms with E-state index >= 15 is 0 Å². The molecule has 1 aromatic rings. The van der Waals surface area contributed by atoms with E-state index in [9.17, 15) is 9.90 Å². The summed E-state index contributed by atoms with van der Waals surface area (Å²) in [6.45, 7) is 3.70. The van der Waals surface area contributed by atoms with Crippen molar-refractivity contribution >= 4 is 5.97 Å². The number of nitrogens with zero attached hydrogens (tertiary/aromatic N) is 1. The topological polar surface area (TPSA) is 49.8 Å². The molecule has 0 saturated heterocycles. The van der Waals surface area contributed by atoms with Gasteiger partial charge in [0.25, 0.3) is 0 Å². The Morgan fingerprint density at radius 3 is 2.50 bits per heavy atom. The minimum Gasteiger partial charge on any atom is -0.511 e. The molecular weight excluding hydrogens is 230 g/mol. The number of likely N-dealkylation sites (N-methyl/N-ethyl adjacent to an activating group) is 1. The van der Waals surface area contributed by atoms with Gasteiger partial charge in [-0.05, 0) is 19.7 Å². The fraction of sp³-hybridized carbons (Fsp3) is 0.357. The zero-order valence-corrected chi connectivity index (χ0v) is 10.8. The Morgan fingerprint density at radius 1 is 1.39 bits per heavy atom. The molecule has 0 aliphatic heterocycles. The molecule has 0 unspecified atom stereocenters. The molecule has 1 rings (SSSR count). The van der Waals surface area contributed by atoms with Gasteiger partial charge in [-0.1, -0.05) is 36.9 Å². The van der Waals surface area contributed by atoms with Gasteiger partial charge in [0.1, 0.15) is 12.4 Å². The average molecular weight is 249 g/mol. The molecule has 0 saturated carbocycles. The molecule has 4 nitrogen and oxygen atoms in total. The maximum absolute atomic E-state index is 11.6. The zero-order chi connectivity index (χ0) is 13.5. The highest BCUT2D eigenvalue weighted by atomic mass is 16.5. The molecule has 0 amide bonds. The smallest absolute Gasteiger partial charge is 0.308 e. The second-order valence-corrected chi connectivity index (χ2v) is 4.32. The molecule has 0 aromatic heterocycles. The molecule has 4 heteroatoms. The van der Waals surface area contributed by atoms with E-state index in [1.54, 1.807) is 19.0 Å². The Kier molecular flexibility index (Phi) is 5.39. The number of rotatable bonds is 6. The van der Waals surface area contributed by atoms with Crippen LogP contribution in [0.4, 0.5) is 0 Å². The monoisotopic (exact) mass is 249 g/mol. The molecule has 0 aliphatic rings. The SMILES string of the molecule is C=C(O)[C@H](CC(=O)OCc1ccccc1)N(C)C. The Morgan fingerprint density at radius 2 is 2.00 bits per heavy atom. The maximum atomic E-state index is 11.6. The molecule has 0 bridgehead atoms. The van der Waals surface area contributed by atoms with Gasteiger partial charge in [0, 0.05) is 0 Å². The summed E-state index contributed by atoms with van der Waals surface area (Å²) in [6.07, 6.45) is 0.0924. The average Bonchev–Trinajstić information content (AvgIpc) is 2.34. The minimum atomic E-state index is -0.409. The highest BCUT2D eigenvalue weighted by Crippen LogP contribution is 2.09. The van der Waals surface area contributed by atoms with Crippen molar-refractivity contribution in [1.29, 1.82) is 0 Å². The number of benzene rings is 1. The van der Waals surface area contributed by atoms with E-state index in [1.165, 1.54) is 0 Å². The number of carbonyl (C=O) groups excluding carboxylic acids is 1. The quantitative estimate of drug-likeness (QED) is 0.619. The molecule has 1 atom stereocenters. The Hall–Kier alpha value is -1.81. The number of hydrogen-bond acceptors (Lipinski definition) is 4. The lowest BCUT2D eigenvalue weighted by molar-refractivity contribution is -0.146. The Bertz CT molecular complexity index is 401. The van der Waals surface area contributed by atoms with Crippen LogP contribution >= 0.6 is 0 Å². The van der Waals surface area contributed by atoms with E-state index in [1.807, 2.05) is 30.3 Å². The lowest BCUT2D eigenvalue weighted by atomic mass is 10.1. The molecule has 0 heterocycles. The van der Waals surface area contributed by atoms with E-state index in [4.69, 9.17) is 4.74 Å². The lowest BCUT2D eigenvalue weighted by Crippen LogP contribution is -2.32. The van der Waals surface area contributed by atoms with Gasteiger partial charge < -0.3 is 9.84 Å². The first-order chi connectivity index (χ1) is 8.50. The Labute approximate surface area is 107 Å². The summed E-state index contributed by atoms with van der Waals surface area (Å²) in [7, 11) is 3.55. The van der Waals surface area contributed by atoms with Gasteiger partial charge in [-0.15, -0.1) is 0 Å². The van der Waals surface area contributed by atoms with Crippen LogP contribution in [0.1, 0.15) is 12.0 Å². The van der Waals surface area contributed by atoms with Gasteiger partial charge in [0.15, 0.2) is 0 Å². The van der Waals surface area contributed by atoms with Gasteiger partial charge in [-0.25, -0.2) is 0 Å². The largest absolute Gasteiger partial charge is 0.511 e. The molecule has 0 aliphatic carbocycles. The first-order valence-corrected chi connectivity index (χ1v) is 5.74.